The van der Waals surface area contributed by atoms with Crippen molar-refractivity contribution in [2.24, 2.45) is 11.7 Å². The molecule has 5 nitrogen and oxygen atoms in total. The summed E-state index contributed by atoms with van der Waals surface area (Å²) in [7, 11) is 0. The van der Waals surface area contributed by atoms with E-state index in [-0.39, 0.29) is 17.7 Å². The number of hydrogen-bond donors (Lipinski definition) is 3. The maximum atomic E-state index is 12.4. The third-order valence-corrected chi connectivity index (χ3v) is 5.05. The van der Waals surface area contributed by atoms with E-state index in [2.05, 4.69) is 10.6 Å². The predicted molar refractivity (Wildman–Crippen MR) is 85.6 cm³/mol. The summed E-state index contributed by atoms with van der Waals surface area (Å²) in [5.74, 6) is 0.416. The zero-order valence-corrected chi connectivity index (χ0v) is 13.3. The monoisotopic (exact) mass is 307 g/mol. The molecule has 1 aromatic carbocycles. The Balaban J connectivity index is 2.20. The summed E-state index contributed by atoms with van der Waals surface area (Å²) >= 11 is 1.48. The number of carbonyl (C=O) groups is 2. The number of rotatable bonds is 4. The molecule has 2 amide bonds. The van der Waals surface area contributed by atoms with Crippen LogP contribution in [0.3, 0.4) is 0 Å². The molecule has 6 heteroatoms. The molecule has 0 aromatic heterocycles. The summed E-state index contributed by atoms with van der Waals surface area (Å²) in [5, 5.41) is 5.78. The first-order chi connectivity index (χ1) is 9.85. The number of hydrogen-bond acceptors (Lipinski definition) is 4. The maximum absolute atomic E-state index is 12.4. The minimum Gasteiger partial charge on any atom is -0.345 e. The third-order valence-electron chi connectivity index (χ3n) is 3.97. The second-order valence-electron chi connectivity index (χ2n) is 5.78. The van der Waals surface area contributed by atoms with E-state index in [0.29, 0.717) is 23.5 Å². The zero-order chi connectivity index (χ0) is 15.6. The van der Waals surface area contributed by atoms with Crippen LogP contribution < -0.4 is 16.4 Å². The van der Waals surface area contributed by atoms with Crippen LogP contribution in [0.2, 0.25) is 0 Å². The zero-order valence-electron chi connectivity index (χ0n) is 12.5. The molecule has 2 rings (SSSR count). The highest BCUT2D eigenvalue weighted by Gasteiger charge is 2.29. The van der Waals surface area contributed by atoms with Gasteiger partial charge in [-0.1, -0.05) is 13.8 Å². The lowest BCUT2D eigenvalue weighted by Crippen LogP contribution is -2.55. The van der Waals surface area contributed by atoms with Gasteiger partial charge in [-0.2, -0.15) is 0 Å². The summed E-state index contributed by atoms with van der Waals surface area (Å²) < 4.78 is 0. The van der Waals surface area contributed by atoms with E-state index in [4.69, 9.17) is 5.73 Å². The molecule has 0 fully saturated rings. The van der Waals surface area contributed by atoms with Crippen molar-refractivity contribution in [2.75, 3.05) is 17.6 Å². The topological polar surface area (TPSA) is 84.2 Å². The SMILES string of the molecule is CC(C)C(C)(CN)NC(=O)c1ccc2c(c1)NC(=O)CS2. The van der Waals surface area contributed by atoms with Crippen molar-refractivity contribution in [2.45, 2.75) is 31.2 Å². The van der Waals surface area contributed by atoms with Crippen molar-refractivity contribution in [3.05, 3.63) is 23.8 Å². The van der Waals surface area contributed by atoms with Gasteiger partial charge in [-0.3, -0.25) is 9.59 Å². The van der Waals surface area contributed by atoms with Crippen molar-refractivity contribution >= 4 is 29.3 Å². The highest BCUT2D eigenvalue weighted by Crippen LogP contribution is 2.32. The van der Waals surface area contributed by atoms with Crippen LogP contribution in [0, 0.1) is 5.92 Å². The van der Waals surface area contributed by atoms with Crippen molar-refractivity contribution in [1.82, 2.24) is 5.32 Å². The lowest BCUT2D eigenvalue weighted by Gasteiger charge is -2.33. The lowest BCUT2D eigenvalue weighted by atomic mass is 9.88. The van der Waals surface area contributed by atoms with Crippen molar-refractivity contribution in [3.8, 4) is 0 Å². The van der Waals surface area contributed by atoms with Crippen LogP contribution in [0.15, 0.2) is 23.1 Å². The Morgan fingerprint density at radius 2 is 2.24 bits per heavy atom. The van der Waals surface area contributed by atoms with E-state index < -0.39 is 5.54 Å². The van der Waals surface area contributed by atoms with Crippen molar-refractivity contribution in [1.29, 1.82) is 0 Å². The average molecular weight is 307 g/mol. The fraction of sp³-hybridized carbons (Fsp3) is 0.467. The first-order valence-corrected chi connectivity index (χ1v) is 7.93. The largest absolute Gasteiger partial charge is 0.345 e. The summed E-state index contributed by atoms with van der Waals surface area (Å²) in [6.45, 7) is 6.35. The van der Waals surface area contributed by atoms with E-state index in [1.807, 2.05) is 26.8 Å². The molecular weight excluding hydrogens is 286 g/mol. The van der Waals surface area contributed by atoms with Gasteiger partial charge in [0.25, 0.3) is 5.91 Å². The van der Waals surface area contributed by atoms with E-state index in [1.165, 1.54) is 11.8 Å². The first-order valence-electron chi connectivity index (χ1n) is 6.95. The first kappa shape index (κ1) is 15.9. The van der Waals surface area contributed by atoms with Gasteiger partial charge in [-0.25, -0.2) is 0 Å². The fourth-order valence-corrected chi connectivity index (χ4v) is 2.78. The van der Waals surface area contributed by atoms with Gasteiger partial charge < -0.3 is 16.4 Å². The van der Waals surface area contributed by atoms with Crippen LogP contribution in [0.25, 0.3) is 0 Å². The molecule has 4 N–H and O–H groups in total. The number of anilines is 1. The van der Waals surface area contributed by atoms with Gasteiger partial charge in [0.2, 0.25) is 5.91 Å². The van der Waals surface area contributed by atoms with Gasteiger partial charge in [0.15, 0.2) is 0 Å². The Kier molecular flexibility index (Phi) is 4.58. The minimum absolute atomic E-state index is 0.0426. The number of nitrogens with two attached hydrogens (primary N) is 1. The molecule has 1 atom stereocenters. The van der Waals surface area contributed by atoms with E-state index in [1.54, 1.807) is 12.1 Å². The summed E-state index contributed by atoms with van der Waals surface area (Å²) in [6.07, 6.45) is 0. The second kappa shape index (κ2) is 6.07. The predicted octanol–water partition coefficient (Wildman–Crippen LogP) is 1.83. The number of fused-ring (bicyclic) bond motifs is 1. The lowest BCUT2D eigenvalue weighted by molar-refractivity contribution is -0.113. The van der Waals surface area contributed by atoms with Crippen LogP contribution in [-0.2, 0) is 4.79 Å². The minimum atomic E-state index is -0.453. The molecule has 0 radical (unpaired) electrons. The van der Waals surface area contributed by atoms with Gasteiger partial charge in [0.1, 0.15) is 0 Å². The molecule has 0 bridgehead atoms. The molecule has 1 aliphatic rings. The summed E-state index contributed by atoms with van der Waals surface area (Å²) in [4.78, 5) is 24.8. The number of benzene rings is 1. The van der Waals surface area contributed by atoms with Crippen LogP contribution in [0.1, 0.15) is 31.1 Å². The van der Waals surface area contributed by atoms with Crippen molar-refractivity contribution < 1.29 is 9.59 Å². The molecule has 0 aliphatic carbocycles. The normalized spacial score (nSPS) is 16.9. The molecule has 0 spiro atoms. The van der Waals surface area contributed by atoms with Crippen LogP contribution in [-0.4, -0.2) is 29.7 Å². The van der Waals surface area contributed by atoms with Crippen LogP contribution in [0.5, 0.6) is 0 Å². The highest BCUT2D eigenvalue weighted by atomic mass is 32.2. The van der Waals surface area contributed by atoms with Crippen molar-refractivity contribution in [3.63, 3.8) is 0 Å². The van der Waals surface area contributed by atoms with Gasteiger partial charge in [0.05, 0.1) is 17.0 Å². The Morgan fingerprint density at radius 3 is 2.86 bits per heavy atom. The van der Waals surface area contributed by atoms with Gasteiger partial charge in [-0.05, 0) is 31.0 Å². The Labute approximate surface area is 129 Å². The van der Waals surface area contributed by atoms with E-state index >= 15 is 0 Å². The molecule has 114 valence electrons. The Hall–Kier alpha value is -1.53. The van der Waals surface area contributed by atoms with E-state index in [0.717, 1.165) is 4.90 Å². The molecule has 1 aromatic rings. The molecule has 1 heterocycles. The maximum Gasteiger partial charge on any atom is 0.251 e. The standard InChI is InChI=1S/C15H21N3O2S/c1-9(2)15(3,8-16)18-14(20)10-4-5-12-11(6-10)17-13(19)7-21-12/h4-6,9H,7-8,16H2,1-3H3,(H,17,19)(H,18,20). The Morgan fingerprint density at radius 1 is 1.52 bits per heavy atom. The highest BCUT2D eigenvalue weighted by molar-refractivity contribution is 8.00. The molecule has 1 aliphatic heterocycles. The second-order valence-corrected chi connectivity index (χ2v) is 6.80. The molecule has 21 heavy (non-hydrogen) atoms. The van der Waals surface area contributed by atoms with Gasteiger partial charge in [0, 0.05) is 17.0 Å². The molecule has 0 saturated heterocycles. The molecule has 0 saturated carbocycles. The smallest absolute Gasteiger partial charge is 0.251 e. The quantitative estimate of drug-likeness (QED) is 0.792. The van der Waals surface area contributed by atoms with Gasteiger partial charge in [-0.15, -0.1) is 11.8 Å². The molecular formula is C15H21N3O2S. The summed E-state index contributed by atoms with van der Waals surface area (Å²) in [5.41, 5.74) is 6.56. The third kappa shape index (κ3) is 3.39. The summed E-state index contributed by atoms with van der Waals surface area (Å²) in [6, 6.07) is 5.35. The number of carbonyl (C=O) groups excluding carboxylic acids is 2. The number of nitrogens with one attached hydrogen (secondary N) is 2. The van der Waals surface area contributed by atoms with E-state index in [9.17, 15) is 9.59 Å². The fourth-order valence-electron chi connectivity index (χ4n) is 1.99. The average Bonchev–Trinajstić information content (AvgIpc) is 2.45. The van der Waals surface area contributed by atoms with Crippen LogP contribution >= 0.6 is 11.8 Å². The van der Waals surface area contributed by atoms with Crippen LogP contribution in [0.4, 0.5) is 5.69 Å². The number of amides is 2. The molecule has 1 unspecified atom stereocenters. The van der Waals surface area contributed by atoms with Gasteiger partial charge >= 0.3 is 0 Å². The number of thioether (sulfide) groups is 1. The Bertz CT molecular complexity index is 574.